The largest absolute Gasteiger partial charge is 0.462 e. The molecule has 0 amide bonds. The Morgan fingerprint density at radius 2 is 2.05 bits per heavy atom. The summed E-state index contributed by atoms with van der Waals surface area (Å²) < 4.78 is 5.00. The molecule has 0 aliphatic carbocycles. The lowest BCUT2D eigenvalue weighted by molar-refractivity contribution is 0.0524. The van der Waals surface area contributed by atoms with Crippen molar-refractivity contribution in [2.45, 2.75) is 59.0 Å². The molecular weight excluding hydrogens is 254 g/mol. The highest BCUT2D eigenvalue weighted by Crippen LogP contribution is 2.26. The van der Waals surface area contributed by atoms with Gasteiger partial charge in [-0.2, -0.15) is 0 Å². The second kappa shape index (κ2) is 6.20. The van der Waals surface area contributed by atoms with Crippen molar-refractivity contribution in [3.8, 4) is 0 Å². The Labute approximate surface area is 120 Å². The van der Waals surface area contributed by atoms with Crippen LogP contribution in [0.5, 0.6) is 0 Å². The van der Waals surface area contributed by atoms with Crippen LogP contribution in [0.2, 0.25) is 0 Å². The molecule has 2 rings (SSSR count). The van der Waals surface area contributed by atoms with E-state index in [4.69, 9.17) is 4.74 Å². The van der Waals surface area contributed by atoms with Gasteiger partial charge in [0.25, 0.3) is 0 Å². The normalized spacial score (nSPS) is 22.7. The molecule has 1 aromatic heterocycles. The molecule has 0 spiro atoms. The zero-order valence-electron chi connectivity index (χ0n) is 12.7. The Morgan fingerprint density at radius 3 is 2.60 bits per heavy atom. The van der Waals surface area contributed by atoms with E-state index < -0.39 is 0 Å². The van der Waals surface area contributed by atoms with Crippen LogP contribution in [0.1, 0.15) is 56.1 Å². The van der Waals surface area contributed by atoms with Gasteiger partial charge < -0.3 is 9.64 Å². The van der Waals surface area contributed by atoms with E-state index in [2.05, 4.69) is 28.7 Å². The number of rotatable bonds is 3. The van der Waals surface area contributed by atoms with Crippen molar-refractivity contribution in [2.75, 3.05) is 11.5 Å². The number of piperidine rings is 1. The molecule has 0 radical (unpaired) electrons. The van der Waals surface area contributed by atoms with Gasteiger partial charge in [-0.15, -0.1) is 0 Å². The fraction of sp³-hybridized carbons (Fsp3) is 0.667. The van der Waals surface area contributed by atoms with E-state index in [1.165, 1.54) is 6.42 Å². The minimum Gasteiger partial charge on any atom is -0.462 e. The monoisotopic (exact) mass is 277 g/mol. The topological polar surface area (TPSA) is 55.3 Å². The number of aryl methyl sites for hydroxylation is 1. The molecule has 0 N–H and O–H groups in total. The summed E-state index contributed by atoms with van der Waals surface area (Å²) in [5.74, 6) is 0.367. The maximum absolute atomic E-state index is 11.8. The van der Waals surface area contributed by atoms with E-state index in [1.807, 2.05) is 6.92 Å². The van der Waals surface area contributed by atoms with Crippen molar-refractivity contribution in [1.29, 1.82) is 0 Å². The molecular formula is C15H23N3O2. The van der Waals surface area contributed by atoms with Crippen LogP contribution in [-0.4, -0.2) is 34.6 Å². The molecule has 110 valence electrons. The Balaban J connectivity index is 2.26. The first-order valence-corrected chi connectivity index (χ1v) is 7.33. The van der Waals surface area contributed by atoms with Crippen molar-refractivity contribution in [2.24, 2.45) is 0 Å². The fourth-order valence-corrected chi connectivity index (χ4v) is 2.80. The first-order chi connectivity index (χ1) is 9.54. The average molecular weight is 277 g/mol. The van der Waals surface area contributed by atoms with E-state index >= 15 is 0 Å². The molecule has 20 heavy (non-hydrogen) atoms. The van der Waals surface area contributed by atoms with E-state index in [9.17, 15) is 4.79 Å². The molecule has 5 heteroatoms. The number of esters is 1. The zero-order chi connectivity index (χ0) is 14.7. The SMILES string of the molecule is CCOC(=O)c1cnc(N2[C@H](C)CCC[C@@H]2C)nc1C. The van der Waals surface area contributed by atoms with Crippen LogP contribution in [0.4, 0.5) is 5.95 Å². The molecule has 0 unspecified atom stereocenters. The van der Waals surface area contributed by atoms with Crippen LogP contribution < -0.4 is 4.90 Å². The summed E-state index contributed by atoms with van der Waals surface area (Å²) in [6.45, 7) is 8.39. The van der Waals surface area contributed by atoms with Crippen molar-refractivity contribution >= 4 is 11.9 Å². The Morgan fingerprint density at radius 1 is 1.40 bits per heavy atom. The third-order valence-electron chi connectivity index (χ3n) is 3.89. The summed E-state index contributed by atoms with van der Waals surface area (Å²) in [4.78, 5) is 22.9. The van der Waals surface area contributed by atoms with E-state index in [0.29, 0.717) is 29.9 Å². The number of hydrogen-bond acceptors (Lipinski definition) is 5. The molecule has 0 saturated carbocycles. The first kappa shape index (κ1) is 14.8. The second-order valence-corrected chi connectivity index (χ2v) is 5.43. The van der Waals surface area contributed by atoms with Crippen molar-refractivity contribution < 1.29 is 9.53 Å². The third kappa shape index (κ3) is 2.92. The zero-order valence-corrected chi connectivity index (χ0v) is 12.7. The highest BCUT2D eigenvalue weighted by atomic mass is 16.5. The second-order valence-electron chi connectivity index (χ2n) is 5.43. The molecule has 1 aliphatic rings. The van der Waals surface area contributed by atoms with Gasteiger partial charge in [0.15, 0.2) is 0 Å². The molecule has 5 nitrogen and oxygen atoms in total. The van der Waals surface area contributed by atoms with E-state index in [-0.39, 0.29) is 5.97 Å². The van der Waals surface area contributed by atoms with Gasteiger partial charge in [0.1, 0.15) is 0 Å². The molecule has 0 bridgehead atoms. The molecule has 0 aromatic carbocycles. The number of nitrogens with zero attached hydrogens (tertiary/aromatic N) is 3. The third-order valence-corrected chi connectivity index (χ3v) is 3.89. The van der Waals surface area contributed by atoms with Crippen molar-refractivity contribution in [1.82, 2.24) is 9.97 Å². The van der Waals surface area contributed by atoms with Crippen LogP contribution in [-0.2, 0) is 4.74 Å². The lowest BCUT2D eigenvalue weighted by atomic mass is 9.98. The summed E-state index contributed by atoms with van der Waals surface area (Å²) in [5, 5.41) is 0. The molecule has 1 saturated heterocycles. The molecule has 1 fully saturated rings. The van der Waals surface area contributed by atoms with Crippen LogP contribution in [0.3, 0.4) is 0 Å². The van der Waals surface area contributed by atoms with Gasteiger partial charge in [-0.3, -0.25) is 0 Å². The van der Waals surface area contributed by atoms with Gasteiger partial charge >= 0.3 is 5.97 Å². The number of carbonyl (C=O) groups excluding carboxylic acids is 1. The average Bonchev–Trinajstić information content (AvgIpc) is 2.38. The van der Waals surface area contributed by atoms with Gasteiger partial charge in [0, 0.05) is 18.3 Å². The summed E-state index contributed by atoms with van der Waals surface area (Å²) in [6, 6.07) is 0.873. The molecule has 2 atom stereocenters. The lowest BCUT2D eigenvalue weighted by Gasteiger charge is -2.39. The molecule has 1 aromatic rings. The maximum Gasteiger partial charge on any atom is 0.341 e. The number of aromatic nitrogens is 2. The standard InChI is InChI=1S/C15H23N3O2/c1-5-20-14(19)13-9-16-15(17-12(13)4)18-10(2)7-6-8-11(18)3/h9-11H,5-8H2,1-4H3/t10-,11+. The Bertz CT molecular complexity index is 480. The number of ether oxygens (including phenoxy) is 1. The van der Waals surface area contributed by atoms with Crippen molar-refractivity contribution in [3.05, 3.63) is 17.5 Å². The summed E-state index contributed by atoms with van der Waals surface area (Å²) >= 11 is 0. The van der Waals surface area contributed by atoms with E-state index in [1.54, 1.807) is 13.1 Å². The van der Waals surface area contributed by atoms with Crippen LogP contribution in [0, 0.1) is 6.92 Å². The maximum atomic E-state index is 11.8. The van der Waals surface area contributed by atoms with Crippen LogP contribution in [0.15, 0.2) is 6.20 Å². The van der Waals surface area contributed by atoms with Crippen molar-refractivity contribution in [3.63, 3.8) is 0 Å². The molecule has 2 heterocycles. The number of carbonyl (C=O) groups is 1. The quantitative estimate of drug-likeness (QED) is 0.795. The van der Waals surface area contributed by atoms with Crippen LogP contribution in [0.25, 0.3) is 0 Å². The fourth-order valence-electron chi connectivity index (χ4n) is 2.80. The van der Waals surface area contributed by atoms with Crippen LogP contribution >= 0.6 is 0 Å². The van der Waals surface area contributed by atoms with Gasteiger partial charge in [-0.1, -0.05) is 0 Å². The van der Waals surface area contributed by atoms with Gasteiger partial charge in [0.2, 0.25) is 5.95 Å². The van der Waals surface area contributed by atoms with E-state index in [0.717, 1.165) is 18.8 Å². The highest BCUT2D eigenvalue weighted by molar-refractivity contribution is 5.90. The highest BCUT2D eigenvalue weighted by Gasteiger charge is 2.27. The van der Waals surface area contributed by atoms with Gasteiger partial charge in [-0.25, -0.2) is 14.8 Å². The summed E-state index contributed by atoms with van der Waals surface area (Å²) in [7, 11) is 0. The Hall–Kier alpha value is -1.65. The summed E-state index contributed by atoms with van der Waals surface area (Å²) in [6.07, 6.45) is 5.15. The Kier molecular flexibility index (Phi) is 4.57. The smallest absolute Gasteiger partial charge is 0.341 e. The van der Waals surface area contributed by atoms with Gasteiger partial charge in [0.05, 0.1) is 17.9 Å². The predicted molar refractivity (Wildman–Crippen MR) is 78.0 cm³/mol. The number of anilines is 1. The minimum absolute atomic E-state index is 0.351. The predicted octanol–water partition coefficient (Wildman–Crippen LogP) is 2.73. The lowest BCUT2D eigenvalue weighted by Crippen LogP contribution is -2.45. The first-order valence-electron chi connectivity index (χ1n) is 7.33. The summed E-state index contributed by atoms with van der Waals surface area (Å²) in [5.41, 5.74) is 1.13. The van der Waals surface area contributed by atoms with Gasteiger partial charge in [-0.05, 0) is 47.0 Å². The minimum atomic E-state index is -0.351. The molecule has 1 aliphatic heterocycles. The number of hydrogen-bond donors (Lipinski definition) is 0.